The largest absolute Gasteiger partial charge is 0.457 e. The van der Waals surface area contributed by atoms with Gasteiger partial charge < -0.3 is 10.5 Å². The minimum absolute atomic E-state index is 0.00863. The molecule has 2 aromatic rings. The second-order valence-electron chi connectivity index (χ2n) is 6.55. The number of carbonyl (C=O) groups is 1. The van der Waals surface area contributed by atoms with E-state index >= 15 is 0 Å². The average molecular weight is 328 g/mol. The molecule has 126 valence electrons. The molecule has 6 heteroatoms. The molecule has 0 aliphatic carbocycles. The first-order valence-electron chi connectivity index (χ1n) is 7.49. The molecule has 0 aliphatic heterocycles. The summed E-state index contributed by atoms with van der Waals surface area (Å²) in [5, 5.41) is 10.9. The molecule has 0 spiro atoms. The highest BCUT2D eigenvalue weighted by Crippen LogP contribution is 2.24. The fourth-order valence-electron chi connectivity index (χ4n) is 2.16. The first-order valence-corrected chi connectivity index (χ1v) is 7.49. The standard InChI is InChI=1S/C18H20N2O4/c1-18(2,3)14-7-4-12(5-8-14)11-24-17(21)13-6-9-15(19)16(10-13)20(22)23/h4-10H,11,19H2,1-3H3. The van der Waals surface area contributed by atoms with Crippen molar-refractivity contribution in [3.05, 3.63) is 69.3 Å². The molecule has 2 rings (SSSR count). The van der Waals surface area contributed by atoms with E-state index in [9.17, 15) is 14.9 Å². The summed E-state index contributed by atoms with van der Waals surface area (Å²) in [6, 6.07) is 11.7. The van der Waals surface area contributed by atoms with Crippen molar-refractivity contribution in [1.29, 1.82) is 0 Å². The Morgan fingerprint density at radius 3 is 2.33 bits per heavy atom. The quantitative estimate of drug-likeness (QED) is 0.398. The number of ether oxygens (including phenoxy) is 1. The lowest BCUT2D eigenvalue weighted by atomic mass is 9.87. The number of benzene rings is 2. The Kier molecular flexibility index (Phi) is 4.87. The molecular weight excluding hydrogens is 308 g/mol. The van der Waals surface area contributed by atoms with Crippen LogP contribution in [0.15, 0.2) is 42.5 Å². The number of carbonyl (C=O) groups excluding carboxylic acids is 1. The first kappa shape index (κ1) is 17.5. The number of anilines is 1. The number of hydrogen-bond acceptors (Lipinski definition) is 5. The molecule has 0 heterocycles. The van der Waals surface area contributed by atoms with Crippen LogP contribution in [0.4, 0.5) is 11.4 Å². The smallest absolute Gasteiger partial charge is 0.338 e. The molecule has 2 N–H and O–H groups in total. The molecule has 0 radical (unpaired) electrons. The van der Waals surface area contributed by atoms with Crippen LogP contribution in [0.2, 0.25) is 0 Å². The van der Waals surface area contributed by atoms with Crippen molar-refractivity contribution < 1.29 is 14.5 Å². The zero-order chi connectivity index (χ0) is 17.9. The lowest BCUT2D eigenvalue weighted by Gasteiger charge is -2.19. The van der Waals surface area contributed by atoms with E-state index in [1.165, 1.54) is 17.7 Å². The van der Waals surface area contributed by atoms with Crippen LogP contribution in [-0.4, -0.2) is 10.9 Å². The zero-order valence-electron chi connectivity index (χ0n) is 13.9. The fraction of sp³-hybridized carbons (Fsp3) is 0.278. The number of esters is 1. The van der Waals surface area contributed by atoms with Gasteiger partial charge in [0.15, 0.2) is 0 Å². The Balaban J connectivity index is 2.06. The van der Waals surface area contributed by atoms with Gasteiger partial charge in [-0.3, -0.25) is 10.1 Å². The van der Waals surface area contributed by atoms with Gasteiger partial charge in [-0.25, -0.2) is 4.79 Å². The predicted octanol–water partition coefficient (Wildman–Crippen LogP) is 3.83. The number of nitro benzene ring substituents is 1. The lowest BCUT2D eigenvalue weighted by Crippen LogP contribution is -2.11. The van der Waals surface area contributed by atoms with Gasteiger partial charge in [0.25, 0.3) is 5.69 Å². The van der Waals surface area contributed by atoms with E-state index in [1.807, 2.05) is 24.3 Å². The lowest BCUT2D eigenvalue weighted by molar-refractivity contribution is -0.383. The summed E-state index contributed by atoms with van der Waals surface area (Å²) in [6.07, 6.45) is 0. The maximum absolute atomic E-state index is 12.0. The van der Waals surface area contributed by atoms with Crippen molar-refractivity contribution in [1.82, 2.24) is 0 Å². The summed E-state index contributed by atoms with van der Waals surface area (Å²) in [6.45, 7) is 6.46. The molecule has 0 aromatic heterocycles. The second kappa shape index (κ2) is 6.70. The number of nitrogens with zero attached hydrogens (tertiary/aromatic N) is 1. The molecule has 0 amide bonds. The van der Waals surface area contributed by atoms with Crippen LogP contribution in [0.25, 0.3) is 0 Å². The van der Waals surface area contributed by atoms with E-state index in [1.54, 1.807) is 0 Å². The minimum Gasteiger partial charge on any atom is -0.457 e. The SMILES string of the molecule is CC(C)(C)c1ccc(COC(=O)c2ccc(N)c([N+](=O)[O-])c2)cc1. The Morgan fingerprint density at radius 2 is 1.79 bits per heavy atom. The van der Waals surface area contributed by atoms with Crippen LogP contribution in [-0.2, 0) is 16.8 Å². The van der Waals surface area contributed by atoms with Crippen LogP contribution in [0.3, 0.4) is 0 Å². The van der Waals surface area contributed by atoms with Gasteiger partial charge in [0.05, 0.1) is 10.5 Å². The number of nitrogen functional groups attached to an aromatic ring is 1. The van der Waals surface area contributed by atoms with Crippen LogP contribution < -0.4 is 5.73 Å². The van der Waals surface area contributed by atoms with Gasteiger partial charge in [-0.1, -0.05) is 45.0 Å². The van der Waals surface area contributed by atoms with Crippen molar-refractivity contribution in [2.45, 2.75) is 32.8 Å². The minimum atomic E-state index is -0.628. The predicted molar refractivity (Wildman–Crippen MR) is 91.8 cm³/mol. The van der Waals surface area contributed by atoms with Gasteiger partial charge in [0.2, 0.25) is 0 Å². The van der Waals surface area contributed by atoms with E-state index in [4.69, 9.17) is 10.5 Å². The van der Waals surface area contributed by atoms with E-state index in [-0.39, 0.29) is 29.0 Å². The van der Waals surface area contributed by atoms with Crippen molar-refractivity contribution in [2.75, 3.05) is 5.73 Å². The monoisotopic (exact) mass is 328 g/mol. The van der Waals surface area contributed by atoms with Gasteiger partial charge in [0.1, 0.15) is 12.3 Å². The Bertz CT molecular complexity index is 762. The van der Waals surface area contributed by atoms with Crippen LogP contribution in [0.5, 0.6) is 0 Å². The summed E-state index contributed by atoms with van der Waals surface area (Å²) in [7, 11) is 0. The fourth-order valence-corrected chi connectivity index (χ4v) is 2.16. The molecule has 6 nitrogen and oxygen atoms in total. The number of hydrogen-bond donors (Lipinski definition) is 1. The van der Waals surface area contributed by atoms with Crippen LogP contribution in [0.1, 0.15) is 42.3 Å². The highest BCUT2D eigenvalue weighted by molar-refractivity contribution is 5.91. The Labute approximate surface area is 140 Å². The van der Waals surface area contributed by atoms with E-state index in [2.05, 4.69) is 20.8 Å². The van der Waals surface area contributed by atoms with E-state index in [0.29, 0.717) is 0 Å². The third-order valence-electron chi connectivity index (χ3n) is 3.65. The average Bonchev–Trinajstić information content (AvgIpc) is 2.52. The molecular formula is C18H20N2O4. The van der Waals surface area contributed by atoms with Gasteiger partial charge in [-0.05, 0) is 28.7 Å². The van der Waals surface area contributed by atoms with Crippen LogP contribution in [0, 0.1) is 10.1 Å². The summed E-state index contributed by atoms with van der Waals surface area (Å²) in [5.74, 6) is -0.627. The maximum atomic E-state index is 12.0. The molecule has 0 fully saturated rings. The highest BCUT2D eigenvalue weighted by atomic mass is 16.6. The number of nitrogens with two attached hydrogens (primary N) is 1. The molecule has 0 atom stereocenters. The topological polar surface area (TPSA) is 95.5 Å². The summed E-state index contributed by atoms with van der Waals surface area (Å²) in [5.41, 5.74) is 7.40. The van der Waals surface area contributed by atoms with Gasteiger partial charge in [-0.2, -0.15) is 0 Å². The van der Waals surface area contributed by atoms with Gasteiger partial charge in [0, 0.05) is 6.07 Å². The summed E-state index contributed by atoms with van der Waals surface area (Å²) < 4.78 is 5.21. The molecule has 2 aromatic carbocycles. The molecule has 24 heavy (non-hydrogen) atoms. The first-order chi connectivity index (χ1) is 11.2. The normalized spacial score (nSPS) is 11.1. The zero-order valence-corrected chi connectivity index (χ0v) is 13.9. The highest BCUT2D eigenvalue weighted by Gasteiger charge is 2.17. The number of rotatable bonds is 4. The van der Waals surface area contributed by atoms with E-state index < -0.39 is 10.9 Å². The van der Waals surface area contributed by atoms with Gasteiger partial charge in [-0.15, -0.1) is 0 Å². The summed E-state index contributed by atoms with van der Waals surface area (Å²) in [4.78, 5) is 22.3. The summed E-state index contributed by atoms with van der Waals surface area (Å²) >= 11 is 0. The van der Waals surface area contributed by atoms with Crippen LogP contribution >= 0.6 is 0 Å². The van der Waals surface area contributed by atoms with Crippen molar-refractivity contribution >= 4 is 17.3 Å². The molecule has 0 unspecified atom stereocenters. The molecule has 0 saturated heterocycles. The van der Waals surface area contributed by atoms with Crippen molar-refractivity contribution in [2.24, 2.45) is 0 Å². The number of nitro groups is 1. The third kappa shape index (κ3) is 4.10. The maximum Gasteiger partial charge on any atom is 0.338 e. The van der Waals surface area contributed by atoms with E-state index in [0.717, 1.165) is 11.6 Å². The Morgan fingerprint density at radius 1 is 1.17 bits per heavy atom. The van der Waals surface area contributed by atoms with Crippen molar-refractivity contribution in [3.8, 4) is 0 Å². The van der Waals surface area contributed by atoms with Crippen molar-refractivity contribution in [3.63, 3.8) is 0 Å². The second-order valence-corrected chi connectivity index (χ2v) is 6.55. The molecule has 0 aliphatic rings. The van der Waals surface area contributed by atoms with Gasteiger partial charge >= 0.3 is 5.97 Å². The molecule has 0 bridgehead atoms. The molecule has 0 saturated carbocycles. The third-order valence-corrected chi connectivity index (χ3v) is 3.65. The Hall–Kier alpha value is -2.89.